The molecule has 6 aromatic carbocycles. The lowest BCUT2D eigenvalue weighted by atomic mass is 9.67. The van der Waals surface area contributed by atoms with Crippen molar-refractivity contribution in [3.05, 3.63) is 180 Å². The lowest BCUT2D eigenvalue weighted by Crippen LogP contribution is -2.32. The van der Waals surface area contributed by atoms with Crippen molar-refractivity contribution in [2.75, 3.05) is 0 Å². The molecule has 1 aliphatic carbocycles. The van der Waals surface area contributed by atoms with Crippen LogP contribution in [0.25, 0.3) is 56.0 Å². The molecule has 10 rings (SSSR count). The Labute approximate surface area is 276 Å². The predicted octanol–water partition coefficient (Wildman–Crippen LogP) is 11.1. The minimum atomic E-state index is -0.516. The molecule has 3 heterocycles. The molecule has 2 aliphatic rings. The highest BCUT2D eigenvalue weighted by Crippen LogP contribution is 2.63. The van der Waals surface area contributed by atoms with Crippen molar-refractivity contribution in [3.8, 4) is 45.0 Å². The fourth-order valence-corrected chi connectivity index (χ4v) is 8.82. The summed E-state index contributed by atoms with van der Waals surface area (Å²) in [6, 6.07) is 54.0. The highest BCUT2D eigenvalue weighted by atomic mass is 32.2. The Morgan fingerprint density at radius 2 is 1.13 bits per heavy atom. The van der Waals surface area contributed by atoms with Gasteiger partial charge in [0.05, 0.1) is 23.1 Å². The molecule has 220 valence electrons. The molecule has 0 saturated heterocycles. The summed E-state index contributed by atoms with van der Waals surface area (Å²) in [5.41, 5.74) is 12.8. The van der Waals surface area contributed by atoms with E-state index in [9.17, 15) is 0 Å². The van der Waals surface area contributed by atoms with E-state index in [4.69, 9.17) is 14.4 Å². The van der Waals surface area contributed by atoms with Crippen LogP contribution in [-0.2, 0) is 5.41 Å². The van der Waals surface area contributed by atoms with Gasteiger partial charge in [-0.1, -0.05) is 133 Å². The van der Waals surface area contributed by atoms with Crippen LogP contribution in [0.2, 0.25) is 0 Å². The topological polar surface area (TPSA) is 38.9 Å². The van der Waals surface area contributed by atoms with E-state index in [0.717, 1.165) is 39.0 Å². The molecule has 1 aliphatic heterocycles. The zero-order valence-corrected chi connectivity index (χ0v) is 26.0. The number of benzene rings is 6. The van der Waals surface area contributed by atoms with Gasteiger partial charge in [-0.15, -0.1) is 0 Å². The van der Waals surface area contributed by atoms with Crippen molar-refractivity contribution >= 4 is 22.7 Å². The Kier molecular flexibility index (Phi) is 5.72. The number of furan rings is 1. The van der Waals surface area contributed by atoms with Gasteiger partial charge in [0.2, 0.25) is 0 Å². The van der Waals surface area contributed by atoms with E-state index in [0.29, 0.717) is 5.82 Å². The van der Waals surface area contributed by atoms with Crippen LogP contribution in [0, 0.1) is 0 Å². The SMILES string of the molecule is c1ccc(-c2cc(-c3ccc4c(c3)C3(c5ccccc5Sc5ccccc53)c3ccc5ccoc5c3-4)nc(-c3ccccc3)n2)cc1. The Morgan fingerprint density at radius 1 is 0.489 bits per heavy atom. The van der Waals surface area contributed by atoms with Gasteiger partial charge in [0.1, 0.15) is 5.58 Å². The Balaban J connectivity index is 1.29. The highest BCUT2D eigenvalue weighted by Gasteiger charge is 2.51. The molecular weight excluding hydrogens is 593 g/mol. The standard InChI is InChI=1S/C43H26N2OS/c1-3-11-27(12-4-1)36-26-37(45-42(44-36)29-13-5-2-6-14-29)30-19-21-31-35(25-30)43(34-22-20-28-23-24-46-41(28)40(31)34)32-15-7-9-17-38(32)47-39-18-10-8-16-33(39)43/h1-26H. The minimum Gasteiger partial charge on any atom is -0.464 e. The molecular formula is C43H26N2OS. The summed E-state index contributed by atoms with van der Waals surface area (Å²) in [6.07, 6.45) is 1.81. The molecule has 8 aromatic rings. The third kappa shape index (κ3) is 3.82. The fourth-order valence-electron chi connectivity index (χ4n) is 7.63. The molecule has 47 heavy (non-hydrogen) atoms. The number of rotatable bonds is 3. The molecule has 3 nitrogen and oxygen atoms in total. The quantitative estimate of drug-likeness (QED) is 0.197. The highest BCUT2D eigenvalue weighted by molar-refractivity contribution is 7.99. The lowest BCUT2D eigenvalue weighted by molar-refractivity contribution is 0.616. The van der Waals surface area contributed by atoms with E-state index in [1.165, 1.54) is 43.2 Å². The molecule has 4 heteroatoms. The van der Waals surface area contributed by atoms with E-state index in [1.54, 1.807) is 6.26 Å². The maximum Gasteiger partial charge on any atom is 0.160 e. The second-order valence-corrected chi connectivity index (χ2v) is 13.2. The number of fused-ring (bicyclic) bond motifs is 11. The van der Waals surface area contributed by atoms with Gasteiger partial charge in [-0.05, 0) is 58.1 Å². The van der Waals surface area contributed by atoms with Crippen molar-refractivity contribution in [1.29, 1.82) is 0 Å². The molecule has 0 saturated carbocycles. The van der Waals surface area contributed by atoms with Crippen molar-refractivity contribution < 1.29 is 4.42 Å². The van der Waals surface area contributed by atoms with Crippen LogP contribution in [0.3, 0.4) is 0 Å². The second kappa shape index (κ2) is 10.1. The average molecular weight is 619 g/mol. The lowest BCUT2D eigenvalue weighted by Gasteiger charge is -2.39. The first-order chi connectivity index (χ1) is 23.3. The second-order valence-electron chi connectivity index (χ2n) is 12.1. The summed E-state index contributed by atoms with van der Waals surface area (Å²) in [4.78, 5) is 12.8. The predicted molar refractivity (Wildman–Crippen MR) is 190 cm³/mol. The van der Waals surface area contributed by atoms with Crippen molar-refractivity contribution in [2.45, 2.75) is 15.2 Å². The molecule has 0 fully saturated rings. The van der Waals surface area contributed by atoms with E-state index >= 15 is 0 Å². The van der Waals surface area contributed by atoms with E-state index in [1.807, 2.05) is 36.0 Å². The molecule has 1 spiro atoms. The maximum atomic E-state index is 6.25. The summed E-state index contributed by atoms with van der Waals surface area (Å²) in [5.74, 6) is 0.711. The third-order valence-corrected chi connectivity index (χ3v) is 10.8. The maximum absolute atomic E-state index is 6.25. The Morgan fingerprint density at radius 3 is 1.85 bits per heavy atom. The number of nitrogens with zero attached hydrogens (tertiary/aromatic N) is 2. The minimum absolute atomic E-state index is 0.516. The van der Waals surface area contributed by atoms with Gasteiger partial charge in [-0.3, -0.25) is 0 Å². The van der Waals surface area contributed by atoms with Crippen LogP contribution in [0.15, 0.2) is 172 Å². The van der Waals surface area contributed by atoms with Crippen molar-refractivity contribution in [1.82, 2.24) is 9.97 Å². The van der Waals surface area contributed by atoms with Crippen LogP contribution in [0.5, 0.6) is 0 Å². The summed E-state index contributed by atoms with van der Waals surface area (Å²) in [5, 5.41) is 1.11. The first kappa shape index (κ1) is 26.5. The Bertz CT molecular complexity index is 2400. The molecule has 0 radical (unpaired) electrons. The Hall–Kier alpha value is -5.71. The average Bonchev–Trinajstić information content (AvgIpc) is 3.74. The molecule has 0 N–H and O–H groups in total. The van der Waals surface area contributed by atoms with Gasteiger partial charge in [0, 0.05) is 37.4 Å². The molecule has 0 atom stereocenters. The summed E-state index contributed by atoms with van der Waals surface area (Å²) in [6.45, 7) is 0. The smallest absolute Gasteiger partial charge is 0.160 e. The van der Waals surface area contributed by atoms with Gasteiger partial charge in [0.25, 0.3) is 0 Å². The molecule has 2 aromatic heterocycles. The molecule has 0 unspecified atom stereocenters. The van der Waals surface area contributed by atoms with Crippen molar-refractivity contribution in [2.24, 2.45) is 0 Å². The van der Waals surface area contributed by atoms with Gasteiger partial charge >= 0.3 is 0 Å². The first-order valence-electron chi connectivity index (χ1n) is 15.8. The van der Waals surface area contributed by atoms with Crippen LogP contribution >= 0.6 is 11.8 Å². The summed E-state index contributed by atoms with van der Waals surface area (Å²) in [7, 11) is 0. The first-order valence-corrected chi connectivity index (χ1v) is 16.6. The van der Waals surface area contributed by atoms with Gasteiger partial charge in [-0.2, -0.15) is 0 Å². The fraction of sp³-hybridized carbons (Fsp3) is 0.0233. The van der Waals surface area contributed by atoms with E-state index in [2.05, 4.69) is 127 Å². The van der Waals surface area contributed by atoms with Crippen LogP contribution in [0.4, 0.5) is 0 Å². The molecule has 0 bridgehead atoms. The largest absolute Gasteiger partial charge is 0.464 e. The molecule has 0 amide bonds. The van der Waals surface area contributed by atoms with Gasteiger partial charge < -0.3 is 4.42 Å². The summed E-state index contributed by atoms with van der Waals surface area (Å²) >= 11 is 1.85. The number of hydrogen-bond donors (Lipinski definition) is 0. The van der Waals surface area contributed by atoms with Gasteiger partial charge in [0.15, 0.2) is 5.82 Å². The van der Waals surface area contributed by atoms with Crippen LogP contribution in [-0.4, -0.2) is 9.97 Å². The van der Waals surface area contributed by atoms with Gasteiger partial charge in [-0.25, -0.2) is 9.97 Å². The summed E-state index contributed by atoms with van der Waals surface area (Å²) < 4.78 is 6.25. The van der Waals surface area contributed by atoms with E-state index < -0.39 is 5.41 Å². The number of hydrogen-bond acceptors (Lipinski definition) is 4. The normalized spacial score (nSPS) is 13.6. The zero-order chi connectivity index (χ0) is 31.0. The third-order valence-electron chi connectivity index (χ3n) is 9.64. The number of aromatic nitrogens is 2. The monoisotopic (exact) mass is 618 g/mol. The van der Waals surface area contributed by atoms with Crippen LogP contribution < -0.4 is 0 Å². The van der Waals surface area contributed by atoms with Crippen LogP contribution in [0.1, 0.15) is 22.3 Å². The van der Waals surface area contributed by atoms with Crippen molar-refractivity contribution in [3.63, 3.8) is 0 Å². The van der Waals surface area contributed by atoms with E-state index in [-0.39, 0.29) is 0 Å². The zero-order valence-electron chi connectivity index (χ0n) is 25.2.